The first kappa shape index (κ1) is 9.21. The maximum Gasteiger partial charge on any atom is 0.355 e. The van der Waals surface area contributed by atoms with Gasteiger partial charge >= 0.3 is 5.97 Å². The van der Waals surface area contributed by atoms with Crippen LogP contribution in [0, 0.1) is 0 Å². The average Bonchev–Trinajstić information content (AvgIpc) is 2.62. The van der Waals surface area contributed by atoms with Crippen molar-refractivity contribution < 1.29 is 9.53 Å². The Hall–Kier alpha value is -1.36. The molecule has 0 aromatic carbocycles. The first-order chi connectivity index (χ1) is 6.72. The fraction of sp³-hybridized carbons (Fsp3) is 0.111. The summed E-state index contributed by atoms with van der Waals surface area (Å²) in [6.07, 6.45) is 3.35. The summed E-state index contributed by atoms with van der Waals surface area (Å²) in [5.74, 6) is -0.380. The summed E-state index contributed by atoms with van der Waals surface area (Å²) in [7, 11) is 1.35. The number of aromatic nitrogens is 2. The molecule has 0 atom stereocenters. The minimum atomic E-state index is -0.380. The van der Waals surface area contributed by atoms with E-state index in [9.17, 15) is 4.79 Å². The Bertz CT molecular complexity index is 493. The zero-order valence-corrected chi connectivity index (χ0v) is 8.98. The van der Waals surface area contributed by atoms with E-state index in [1.54, 1.807) is 22.9 Å². The van der Waals surface area contributed by atoms with Crippen LogP contribution in [0.15, 0.2) is 29.0 Å². The first-order valence-corrected chi connectivity index (χ1v) is 4.72. The molecule has 2 heterocycles. The molecule has 0 aliphatic heterocycles. The maximum absolute atomic E-state index is 11.4. The van der Waals surface area contributed by atoms with Crippen molar-refractivity contribution in [2.24, 2.45) is 0 Å². The number of methoxy groups -OCH3 is 1. The van der Waals surface area contributed by atoms with Crippen molar-refractivity contribution in [1.29, 1.82) is 0 Å². The van der Waals surface area contributed by atoms with Gasteiger partial charge in [-0.15, -0.1) is 0 Å². The number of ether oxygens (including phenoxy) is 1. The Morgan fingerprint density at radius 2 is 2.36 bits per heavy atom. The van der Waals surface area contributed by atoms with E-state index in [-0.39, 0.29) is 5.97 Å². The van der Waals surface area contributed by atoms with E-state index >= 15 is 0 Å². The van der Waals surface area contributed by atoms with Crippen LogP contribution >= 0.6 is 15.9 Å². The summed E-state index contributed by atoms with van der Waals surface area (Å²) in [5, 5.41) is 0. The maximum atomic E-state index is 11.4. The van der Waals surface area contributed by atoms with Gasteiger partial charge in [-0.3, -0.25) is 4.40 Å². The summed E-state index contributed by atoms with van der Waals surface area (Å²) in [4.78, 5) is 15.5. The van der Waals surface area contributed by atoms with Crippen molar-refractivity contribution in [3.8, 4) is 0 Å². The van der Waals surface area contributed by atoms with Gasteiger partial charge in [-0.2, -0.15) is 0 Å². The van der Waals surface area contributed by atoms with Crippen LogP contribution in [0.4, 0.5) is 0 Å². The third-order valence-corrected chi connectivity index (χ3v) is 2.32. The highest BCUT2D eigenvalue weighted by Crippen LogP contribution is 2.16. The number of halogens is 1. The lowest BCUT2D eigenvalue weighted by Gasteiger charge is -2.03. The number of fused-ring (bicyclic) bond motifs is 1. The third kappa shape index (κ3) is 1.39. The predicted molar refractivity (Wildman–Crippen MR) is 54.2 cm³/mol. The van der Waals surface area contributed by atoms with Gasteiger partial charge in [0.1, 0.15) is 11.3 Å². The second-order valence-corrected chi connectivity index (χ2v) is 3.62. The lowest BCUT2D eigenvalue weighted by Crippen LogP contribution is -2.07. The van der Waals surface area contributed by atoms with Gasteiger partial charge in [0, 0.05) is 16.9 Å². The third-order valence-electron chi connectivity index (χ3n) is 1.87. The van der Waals surface area contributed by atoms with Gasteiger partial charge in [-0.05, 0) is 12.1 Å². The zero-order valence-electron chi connectivity index (χ0n) is 7.40. The summed E-state index contributed by atoms with van der Waals surface area (Å²) in [6.45, 7) is 0. The zero-order chi connectivity index (χ0) is 10.1. The van der Waals surface area contributed by atoms with Crippen molar-refractivity contribution >= 4 is 27.5 Å². The number of carbonyl (C=O) groups excluding carboxylic acids is 1. The highest BCUT2D eigenvalue weighted by molar-refractivity contribution is 9.10. The fourth-order valence-corrected chi connectivity index (χ4v) is 1.67. The molecule has 5 heteroatoms. The van der Waals surface area contributed by atoms with Crippen LogP contribution in [0.5, 0.6) is 0 Å². The molecule has 2 aromatic heterocycles. The van der Waals surface area contributed by atoms with E-state index in [2.05, 4.69) is 25.7 Å². The molecular weight excluding hydrogens is 248 g/mol. The number of pyridine rings is 1. The molecule has 14 heavy (non-hydrogen) atoms. The summed E-state index contributed by atoms with van der Waals surface area (Å²) in [5.41, 5.74) is 1.16. The molecule has 0 fully saturated rings. The molecule has 0 aliphatic carbocycles. The van der Waals surface area contributed by atoms with Crippen molar-refractivity contribution in [2.75, 3.05) is 7.11 Å². The number of nitrogens with zero attached hydrogens (tertiary/aromatic N) is 2. The smallest absolute Gasteiger partial charge is 0.355 e. The average molecular weight is 255 g/mol. The number of imidazole rings is 1. The van der Waals surface area contributed by atoms with Crippen LogP contribution in [0.3, 0.4) is 0 Å². The largest absolute Gasteiger partial charge is 0.464 e. The monoisotopic (exact) mass is 254 g/mol. The van der Waals surface area contributed by atoms with Gasteiger partial charge in [0.2, 0.25) is 0 Å². The van der Waals surface area contributed by atoms with Crippen LogP contribution in [-0.2, 0) is 4.74 Å². The molecule has 0 N–H and O–H groups in total. The van der Waals surface area contributed by atoms with Crippen molar-refractivity contribution in [1.82, 2.24) is 9.38 Å². The molecule has 0 radical (unpaired) electrons. The topological polar surface area (TPSA) is 43.6 Å². The highest BCUT2D eigenvalue weighted by Gasteiger charge is 2.11. The Morgan fingerprint density at radius 1 is 1.57 bits per heavy atom. The minimum absolute atomic E-state index is 0.380. The summed E-state index contributed by atoms with van der Waals surface area (Å²) >= 11 is 3.30. The van der Waals surface area contributed by atoms with Crippen LogP contribution < -0.4 is 0 Å². The first-order valence-electron chi connectivity index (χ1n) is 3.93. The van der Waals surface area contributed by atoms with Gasteiger partial charge in [-0.25, -0.2) is 9.78 Å². The standard InChI is InChI=1S/C9H7BrN2O2/c1-14-9(13)7-4-6(10)5-8-11-2-3-12(7)8/h2-5H,1H3. The Balaban J connectivity index is 2.72. The molecule has 0 unspecified atom stereocenters. The normalized spacial score (nSPS) is 10.4. The molecule has 0 bridgehead atoms. The molecule has 72 valence electrons. The van der Waals surface area contributed by atoms with Gasteiger partial charge in [-0.1, -0.05) is 15.9 Å². The number of hydrogen-bond donors (Lipinski definition) is 0. The van der Waals surface area contributed by atoms with Crippen LogP contribution in [0.1, 0.15) is 10.5 Å². The van der Waals surface area contributed by atoms with Crippen molar-refractivity contribution in [3.05, 3.63) is 34.7 Å². The second-order valence-electron chi connectivity index (χ2n) is 2.71. The van der Waals surface area contributed by atoms with E-state index in [4.69, 9.17) is 0 Å². The van der Waals surface area contributed by atoms with Gasteiger partial charge in [0.15, 0.2) is 0 Å². The summed E-state index contributed by atoms with van der Waals surface area (Å²) < 4.78 is 7.14. The molecule has 0 spiro atoms. The minimum Gasteiger partial charge on any atom is -0.464 e. The quantitative estimate of drug-likeness (QED) is 0.731. The number of hydrogen-bond acceptors (Lipinski definition) is 3. The van der Waals surface area contributed by atoms with E-state index < -0.39 is 0 Å². The van der Waals surface area contributed by atoms with E-state index in [0.717, 1.165) is 4.47 Å². The van der Waals surface area contributed by atoms with E-state index in [0.29, 0.717) is 11.3 Å². The summed E-state index contributed by atoms with van der Waals surface area (Å²) in [6, 6.07) is 3.52. The van der Waals surface area contributed by atoms with E-state index in [1.165, 1.54) is 7.11 Å². The molecular formula is C9H7BrN2O2. The van der Waals surface area contributed by atoms with Crippen LogP contribution in [-0.4, -0.2) is 22.5 Å². The second kappa shape index (κ2) is 3.42. The number of rotatable bonds is 1. The van der Waals surface area contributed by atoms with Crippen LogP contribution in [0.25, 0.3) is 5.65 Å². The molecule has 2 rings (SSSR count). The van der Waals surface area contributed by atoms with Crippen molar-refractivity contribution in [2.45, 2.75) is 0 Å². The Labute approximate surface area is 88.6 Å². The highest BCUT2D eigenvalue weighted by atomic mass is 79.9. The molecule has 0 saturated heterocycles. The molecule has 0 aliphatic rings. The SMILES string of the molecule is COC(=O)c1cc(Br)cc2nccn12. The van der Waals surface area contributed by atoms with Crippen LogP contribution in [0.2, 0.25) is 0 Å². The Kier molecular flexibility index (Phi) is 2.25. The number of carbonyl (C=O) groups is 1. The Morgan fingerprint density at radius 3 is 3.07 bits per heavy atom. The number of esters is 1. The molecule has 0 saturated carbocycles. The predicted octanol–water partition coefficient (Wildman–Crippen LogP) is 1.88. The van der Waals surface area contributed by atoms with Gasteiger partial charge in [0.25, 0.3) is 0 Å². The van der Waals surface area contributed by atoms with Crippen molar-refractivity contribution in [3.63, 3.8) is 0 Å². The van der Waals surface area contributed by atoms with Gasteiger partial charge < -0.3 is 4.74 Å². The lowest BCUT2D eigenvalue weighted by atomic mass is 10.3. The lowest BCUT2D eigenvalue weighted by molar-refractivity contribution is 0.0592. The molecule has 2 aromatic rings. The molecule has 4 nitrogen and oxygen atoms in total. The fourth-order valence-electron chi connectivity index (χ4n) is 1.25. The van der Waals surface area contributed by atoms with E-state index in [1.807, 2.05) is 6.07 Å². The molecule has 0 amide bonds. The van der Waals surface area contributed by atoms with Gasteiger partial charge in [0.05, 0.1) is 7.11 Å².